The van der Waals surface area contributed by atoms with Crippen LogP contribution < -0.4 is 5.56 Å². The van der Waals surface area contributed by atoms with Crippen molar-refractivity contribution in [3.8, 4) is 0 Å². The Hall–Kier alpha value is -1.83. The average Bonchev–Trinajstić information content (AvgIpc) is 3.34. The zero-order valence-corrected chi connectivity index (χ0v) is 15.3. The smallest absolute Gasteiger partial charge is 0.416 e. The van der Waals surface area contributed by atoms with E-state index in [1.54, 1.807) is 25.9 Å². The molecule has 0 amide bonds. The lowest BCUT2D eigenvalue weighted by molar-refractivity contribution is -0.147. The van der Waals surface area contributed by atoms with Crippen LogP contribution in [-0.4, -0.2) is 42.7 Å². The molecule has 1 aromatic rings. The minimum absolute atomic E-state index is 0.0101. The number of pyridine rings is 1. The largest absolute Gasteiger partial charge is 0.464 e. The summed E-state index contributed by atoms with van der Waals surface area (Å²) in [7, 11) is 3.52. The molecule has 0 aromatic carbocycles. The molecule has 146 valence electrons. The fraction of sp³-hybridized carbons (Fsp3) is 0.667. The van der Waals surface area contributed by atoms with E-state index in [1.807, 2.05) is 0 Å². The minimum Gasteiger partial charge on any atom is -0.464 e. The second-order valence-electron chi connectivity index (χ2n) is 6.96. The summed E-state index contributed by atoms with van der Waals surface area (Å²) in [6, 6.07) is -0.278. The summed E-state index contributed by atoms with van der Waals surface area (Å²) < 4.78 is 46.2. The Morgan fingerprint density at radius 1 is 1.38 bits per heavy atom. The third-order valence-electron chi connectivity index (χ3n) is 4.44. The van der Waals surface area contributed by atoms with Gasteiger partial charge in [-0.25, -0.2) is 4.79 Å². The first-order valence-corrected chi connectivity index (χ1v) is 8.77. The van der Waals surface area contributed by atoms with Gasteiger partial charge in [-0.1, -0.05) is 12.8 Å². The Kier molecular flexibility index (Phi) is 6.49. The van der Waals surface area contributed by atoms with Crippen molar-refractivity contribution in [2.24, 2.45) is 5.92 Å². The molecule has 8 heteroatoms. The fourth-order valence-electron chi connectivity index (χ4n) is 2.87. The molecule has 1 heterocycles. The summed E-state index contributed by atoms with van der Waals surface area (Å²) in [5.41, 5.74) is -1.75. The van der Waals surface area contributed by atoms with Crippen molar-refractivity contribution in [2.45, 2.75) is 44.8 Å². The van der Waals surface area contributed by atoms with Crippen LogP contribution in [0, 0.1) is 5.92 Å². The van der Waals surface area contributed by atoms with Crippen LogP contribution >= 0.6 is 0 Å². The maximum absolute atomic E-state index is 13.3. The third-order valence-corrected chi connectivity index (χ3v) is 4.44. The summed E-state index contributed by atoms with van der Waals surface area (Å²) >= 11 is 0. The Morgan fingerprint density at radius 2 is 2.04 bits per heavy atom. The summed E-state index contributed by atoms with van der Waals surface area (Å²) in [5.74, 6) is -0.261. The monoisotopic (exact) mass is 374 g/mol. The van der Waals surface area contributed by atoms with Gasteiger partial charge in [-0.3, -0.25) is 4.79 Å². The van der Waals surface area contributed by atoms with E-state index in [-0.39, 0.29) is 18.6 Å². The molecule has 1 atom stereocenters. The van der Waals surface area contributed by atoms with Crippen LogP contribution in [0.1, 0.15) is 43.4 Å². The van der Waals surface area contributed by atoms with Gasteiger partial charge in [0.15, 0.2) is 0 Å². The number of nitrogens with zero attached hydrogens (tertiary/aromatic N) is 2. The summed E-state index contributed by atoms with van der Waals surface area (Å²) in [4.78, 5) is 26.4. The van der Waals surface area contributed by atoms with E-state index in [1.165, 1.54) is 6.20 Å². The van der Waals surface area contributed by atoms with Crippen molar-refractivity contribution in [1.29, 1.82) is 0 Å². The molecule has 1 unspecified atom stereocenters. The molecule has 1 aliphatic rings. The SMILES string of the molecule is CCOC(=O)C(CC1CC1)n1cc(CCN(C)C)c(C(F)(F)F)cc1=O. The molecule has 1 aromatic heterocycles. The molecule has 1 saturated carbocycles. The maximum atomic E-state index is 13.3. The molecule has 0 radical (unpaired) electrons. The van der Waals surface area contributed by atoms with Crippen LogP contribution in [0.4, 0.5) is 13.2 Å². The average molecular weight is 374 g/mol. The van der Waals surface area contributed by atoms with Gasteiger partial charge in [0.2, 0.25) is 0 Å². The van der Waals surface area contributed by atoms with Gasteiger partial charge in [-0.05, 0) is 45.3 Å². The first-order valence-electron chi connectivity index (χ1n) is 8.77. The molecule has 0 bridgehead atoms. The second kappa shape index (κ2) is 8.24. The van der Waals surface area contributed by atoms with E-state index >= 15 is 0 Å². The molecule has 1 fully saturated rings. The quantitative estimate of drug-likeness (QED) is 0.657. The Balaban J connectivity index is 2.46. The first kappa shape index (κ1) is 20.5. The lowest BCUT2D eigenvalue weighted by Crippen LogP contribution is -2.33. The molecule has 0 spiro atoms. The number of halogens is 3. The molecule has 1 aliphatic carbocycles. The number of carbonyl (C=O) groups excluding carboxylic acids is 1. The number of alkyl halides is 3. The molecular weight excluding hydrogens is 349 g/mol. The standard InChI is InChI=1S/C18H25F3N2O3/c1-4-26-17(25)15(9-12-5-6-12)23-11-13(7-8-22(2)3)14(10-16(23)24)18(19,20)21/h10-12,15H,4-9H2,1-3H3. The maximum Gasteiger partial charge on any atom is 0.416 e. The van der Waals surface area contributed by atoms with Crippen molar-refractivity contribution in [3.63, 3.8) is 0 Å². The molecular formula is C18H25F3N2O3. The predicted octanol–water partition coefficient (Wildman–Crippen LogP) is 2.88. The van der Waals surface area contributed by atoms with Crippen LogP contribution in [0.5, 0.6) is 0 Å². The van der Waals surface area contributed by atoms with Gasteiger partial charge in [0.05, 0.1) is 12.2 Å². The van der Waals surface area contributed by atoms with Gasteiger partial charge < -0.3 is 14.2 Å². The fourth-order valence-corrected chi connectivity index (χ4v) is 2.87. The lowest BCUT2D eigenvalue weighted by Gasteiger charge is -2.22. The number of aromatic nitrogens is 1. The van der Waals surface area contributed by atoms with Gasteiger partial charge >= 0.3 is 12.1 Å². The van der Waals surface area contributed by atoms with E-state index < -0.39 is 29.3 Å². The van der Waals surface area contributed by atoms with Crippen LogP contribution in [0.2, 0.25) is 0 Å². The molecule has 0 N–H and O–H groups in total. The Morgan fingerprint density at radius 3 is 2.54 bits per heavy atom. The normalized spacial score (nSPS) is 16.0. The molecule has 0 aliphatic heterocycles. The highest BCUT2D eigenvalue weighted by Crippen LogP contribution is 2.37. The van der Waals surface area contributed by atoms with Crippen molar-refractivity contribution < 1.29 is 22.7 Å². The van der Waals surface area contributed by atoms with E-state index in [9.17, 15) is 22.8 Å². The van der Waals surface area contributed by atoms with Gasteiger partial charge in [-0.2, -0.15) is 13.2 Å². The van der Waals surface area contributed by atoms with Crippen molar-refractivity contribution in [1.82, 2.24) is 9.47 Å². The topological polar surface area (TPSA) is 51.5 Å². The zero-order valence-electron chi connectivity index (χ0n) is 15.3. The Labute approximate surface area is 150 Å². The highest BCUT2D eigenvalue weighted by molar-refractivity contribution is 5.74. The lowest BCUT2D eigenvalue weighted by atomic mass is 10.0. The van der Waals surface area contributed by atoms with Crippen LogP contribution in [-0.2, 0) is 22.1 Å². The zero-order chi connectivity index (χ0) is 19.5. The van der Waals surface area contributed by atoms with Gasteiger partial charge in [0, 0.05) is 18.8 Å². The number of hydrogen-bond acceptors (Lipinski definition) is 4. The molecule has 2 rings (SSSR count). The minimum atomic E-state index is -4.62. The molecule has 0 saturated heterocycles. The number of rotatable bonds is 8. The van der Waals surface area contributed by atoms with Crippen LogP contribution in [0.25, 0.3) is 0 Å². The van der Waals surface area contributed by atoms with Crippen LogP contribution in [0.15, 0.2) is 17.1 Å². The summed E-state index contributed by atoms with van der Waals surface area (Å²) in [6.07, 6.45) is -0.968. The highest BCUT2D eigenvalue weighted by atomic mass is 19.4. The predicted molar refractivity (Wildman–Crippen MR) is 91.0 cm³/mol. The second-order valence-corrected chi connectivity index (χ2v) is 6.96. The highest BCUT2D eigenvalue weighted by Gasteiger charge is 2.36. The van der Waals surface area contributed by atoms with Gasteiger partial charge in [-0.15, -0.1) is 0 Å². The summed E-state index contributed by atoms with van der Waals surface area (Å²) in [5, 5.41) is 0. The molecule has 5 nitrogen and oxygen atoms in total. The Bertz CT molecular complexity index is 694. The van der Waals surface area contributed by atoms with Crippen molar-refractivity contribution >= 4 is 5.97 Å². The first-order chi connectivity index (χ1) is 12.1. The number of hydrogen-bond donors (Lipinski definition) is 0. The van der Waals surface area contributed by atoms with E-state index in [4.69, 9.17) is 4.74 Å². The third kappa shape index (κ3) is 5.33. The van der Waals surface area contributed by atoms with Crippen LogP contribution in [0.3, 0.4) is 0 Å². The van der Waals surface area contributed by atoms with Crippen molar-refractivity contribution in [2.75, 3.05) is 27.2 Å². The van der Waals surface area contributed by atoms with E-state index in [0.29, 0.717) is 24.9 Å². The van der Waals surface area contributed by atoms with E-state index in [2.05, 4.69) is 0 Å². The van der Waals surface area contributed by atoms with Gasteiger partial charge in [0.1, 0.15) is 6.04 Å². The van der Waals surface area contributed by atoms with Gasteiger partial charge in [0.25, 0.3) is 5.56 Å². The number of carbonyl (C=O) groups is 1. The molecule has 26 heavy (non-hydrogen) atoms. The number of esters is 1. The number of ether oxygens (including phenoxy) is 1. The number of likely N-dealkylation sites (N-methyl/N-ethyl adjacent to an activating group) is 1. The summed E-state index contributed by atoms with van der Waals surface area (Å²) in [6.45, 7) is 2.21. The van der Waals surface area contributed by atoms with Crippen molar-refractivity contribution in [3.05, 3.63) is 33.7 Å². The van der Waals surface area contributed by atoms with E-state index in [0.717, 1.165) is 17.4 Å².